The van der Waals surface area contributed by atoms with Crippen LogP contribution in [0.15, 0.2) is 0 Å². The molecule has 0 radical (unpaired) electrons. The molecular formula is C11H18N4O. The second kappa shape index (κ2) is 4.14. The maximum absolute atomic E-state index is 9.71. The highest BCUT2D eigenvalue weighted by molar-refractivity contribution is 5.06. The van der Waals surface area contributed by atoms with Crippen molar-refractivity contribution >= 4 is 0 Å². The minimum absolute atomic E-state index is 0.223. The second-order valence-electron chi connectivity index (χ2n) is 4.82. The van der Waals surface area contributed by atoms with Gasteiger partial charge in [-0.25, -0.2) is 0 Å². The molecule has 0 aromatic carbocycles. The second-order valence-corrected chi connectivity index (χ2v) is 4.82. The third-order valence-corrected chi connectivity index (χ3v) is 3.61. The van der Waals surface area contributed by atoms with Crippen LogP contribution in [0.3, 0.4) is 0 Å². The molecular weight excluding hydrogens is 204 g/mol. The predicted molar refractivity (Wildman–Crippen MR) is 59.2 cm³/mol. The van der Waals surface area contributed by atoms with Gasteiger partial charge in [-0.05, 0) is 25.8 Å². The minimum atomic E-state index is -0.223. The molecule has 88 valence electrons. The average molecular weight is 222 g/mol. The molecule has 1 aromatic rings. The van der Waals surface area contributed by atoms with Gasteiger partial charge in [-0.1, -0.05) is 0 Å². The Labute approximate surface area is 94.9 Å². The van der Waals surface area contributed by atoms with Gasteiger partial charge in [-0.3, -0.25) is 0 Å². The van der Waals surface area contributed by atoms with E-state index < -0.39 is 0 Å². The summed E-state index contributed by atoms with van der Waals surface area (Å²) in [7, 11) is 0. The lowest BCUT2D eigenvalue weighted by atomic mass is 9.98. The van der Waals surface area contributed by atoms with E-state index >= 15 is 0 Å². The van der Waals surface area contributed by atoms with Gasteiger partial charge in [-0.15, -0.1) is 10.2 Å². The lowest BCUT2D eigenvalue weighted by Gasteiger charge is -2.25. The van der Waals surface area contributed by atoms with Crippen molar-refractivity contribution in [3.8, 4) is 0 Å². The third kappa shape index (κ3) is 1.74. The standard InChI is InChI=1S/C11H18N4O/c16-9-3-4-10-13-14-11(15(10)7-9)8-2-1-5-12-6-8/h8-9,12,16H,1-7H2. The molecule has 3 heterocycles. The molecule has 2 aliphatic rings. The van der Waals surface area contributed by atoms with Gasteiger partial charge >= 0.3 is 0 Å². The number of hydrogen-bond donors (Lipinski definition) is 2. The Hall–Kier alpha value is -0.940. The number of aromatic nitrogens is 3. The van der Waals surface area contributed by atoms with Crippen molar-refractivity contribution in [3.05, 3.63) is 11.6 Å². The number of aliphatic hydroxyl groups is 1. The van der Waals surface area contributed by atoms with Gasteiger partial charge in [0, 0.05) is 18.9 Å². The van der Waals surface area contributed by atoms with Gasteiger partial charge in [0.1, 0.15) is 11.6 Å². The van der Waals surface area contributed by atoms with Crippen LogP contribution < -0.4 is 5.32 Å². The Bertz CT molecular complexity index is 370. The molecule has 0 bridgehead atoms. The number of rotatable bonds is 1. The SMILES string of the molecule is OC1CCc2nnc(C3CCCNC3)n2C1. The van der Waals surface area contributed by atoms with Crippen LogP contribution in [-0.4, -0.2) is 39.1 Å². The zero-order valence-electron chi connectivity index (χ0n) is 9.39. The van der Waals surface area contributed by atoms with Crippen LogP contribution in [0.25, 0.3) is 0 Å². The van der Waals surface area contributed by atoms with Gasteiger partial charge in [-0.2, -0.15) is 0 Å². The van der Waals surface area contributed by atoms with Gasteiger partial charge in [0.2, 0.25) is 0 Å². The number of nitrogens with one attached hydrogen (secondary N) is 1. The molecule has 1 aromatic heterocycles. The molecule has 0 saturated carbocycles. The molecule has 0 aliphatic carbocycles. The zero-order chi connectivity index (χ0) is 11.0. The van der Waals surface area contributed by atoms with Crippen LogP contribution in [0, 0.1) is 0 Å². The first-order valence-electron chi connectivity index (χ1n) is 6.15. The minimum Gasteiger partial charge on any atom is -0.391 e. The molecule has 0 spiro atoms. The number of hydrogen-bond acceptors (Lipinski definition) is 4. The molecule has 2 unspecified atom stereocenters. The van der Waals surface area contributed by atoms with Gasteiger partial charge in [0.15, 0.2) is 0 Å². The number of aryl methyl sites for hydroxylation is 1. The quantitative estimate of drug-likeness (QED) is 0.705. The summed E-state index contributed by atoms with van der Waals surface area (Å²) in [5.74, 6) is 2.59. The molecule has 16 heavy (non-hydrogen) atoms. The summed E-state index contributed by atoms with van der Waals surface area (Å²) in [5.41, 5.74) is 0. The highest BCUT2D eigenvalue weighted by atomic mass is 16.3. The summed E-state index contributed by atoms with van der Waals surface area (Å²) in [4.78, 5) is 0. The molecule has 5 nitrogen and oxygen atoms in total. The monoisotopic (exact) mass is 222 g/mol. The van der Waals surface area contributed by atoms with E-state index in [0.29, 0.717) is 12.5 Å². The molecule has 2 atom stereocenters. The normalized spacial score (nSPS) is 30.1. The fraction of sp³-hybridized carbons (Fsp3) is 0.818. The highest BCUT2D eigenvalue weighted by Crippen LogP contribution is 2.25. The number of aliphatic hydroxyl groups excluding tert-OH is 1. The zero-order valence-corrected chi connectivity index (χ0v) is 9.39. The largest absolute Gasteiger partial charge is 0.391 e. The highest BCUT2D eigenvalue weighted by Gasteiger charge is 2.26. The van der Waals surface area contributed by atoms with Gasteiger partial charge < -0.3 is 15.0 Å². The summed E-state index contributed by atoms with van der Waals surface area (Å²) in [6.45, 7) is 2.78. The van der Waals surface area contributed by atoms with E-state index in [4.69, 9.17) is 0 Å². The molecule has 3 rings (SSSR count). The van der Waals surface area contributed by atoms with Gasteiger partial charge in [0.05, 0.1) is 12.6 Å². The first-order valence-corrected chi connectivity index (χ1v) is 6.15. The Morgan fingerprint density at radius 2 is 2.25 bits per heavy atom. The molecule has 1 fully saturated rings. The third-order valence-electron chi connectivity index (χ3n) is 3.61. The van der Waals surface area contributed by atoms with Gasteiger partial charge in [0.25, 0.3) is 0 Å². The van der Waals surface area contributed by atoms with E-state index in [1.807, 2.05) is 0 Å². The van der Waals surface area contributed by atoms with Crippen molar-refractivity contribution in [1.29, 1.82) is 0 Å². The van der Waals surface area contributed by atoms with Crippen molar-refractivity contribution < 1.29 is 5.11 Å². The van der Waals surface area contributed by atoms with E-state index in [9.17, 15) is 5.11 Å². The summed E-state index contributed by atoms with van der Waals surface area (Å²) in [6.07, 6.45) is 3.84. The fourth-order valence-electron chi connectivity index (χ4n) is 2.70. The van der Waals surface area contributed by atoms with E-state index in [2.05, 4.69) is 20.1 Å². The number of piperidine rings is 1. The average Bonchev–Trinajstić information content (AvgIpc) is 2.73. The first kappa shape index (κ1) is 10.2. The lowest BCUT2D eigenvalue weighted by Crippen LogP contribution is -2.32. The van der Waals surface area contributed by atoms with E-state index in [-0.39, 0.29) is 6.10 Å². The molecule has 5 heteroatoms. The van der Waals surface area contributed by atoms with E-state index in [1.165, 1.54) is 12.8 Å². The summed E-state index contributed by atoms with van der Waals surface area (Å²) in [6, 6.07) is 0. The van der Waals surface area contributed by atoms with Crippen LogP contribution in [-0.2, 0) is 13.0 Å². The van der Waals surface area contributed by atoms with Crippen molar-refractivity contribution in [2.24, 2.45) is 0 Å². The Morgan fingerprint density at radius 1 is 1.31 bits per heavy atom. The van der Waals surface area contributed by atoms with Crippen LogP contribution in [0.4, 0.5) is 0 Å². The van der Waals surface area contributed by atoms with Crippen LogP contribution in [0.1, 0.15) is 36.8 Å². The lowest BCUT2D eigenvalue weighted by molar-refractivity contribution is 0.128. The van der Waals surface area contributed by atoms with Crippen LogP contribution >= 0.6 is 0 Å². The van der Waals surface area contributed by atoms with Crippen molar-refractivity contribution in [1.82, 2.24) is 20.1 Å². The van der Waals surface area contributed by atoms with Crippen molar-refractivity contribution in [2.75, 3.05) is 13.1 Å². The first-order chi connectivity index (χ1) is 7.84. The number of fused-ring (bicyclic) bond motifs is 1. The summed E-state index contributed by atoms with van der Waals surface area (Å²) in [5, 5.41) is 21.7. The Morgan fingerprint density at radius 3 is 3.06 bits per heavy atom. The topological polar surface area (TPSA) is 63.0 Å². The Kier molecular flexibility index (Phi) is 2.65. The van der Waals surface area contributed by atoms with Crippen molar-refractivity contribution in [2.45, 2.75) is 44.2 Å². The summed E-state index contributed by atoms with van der Waals surface area (Å²) >= 11 is 0. The van der Waals surface area contributed by atoms with E-state index in [0.717, 1.165) is 37.6 Å². The van der Waals surface area contributed by atoms with Crippen LogP contribution in [0.5, 0.6) is 0 Å². The molecule has 2 aliphatic heterocycles. The van der Waals surface area contributed by atoms with Crippen LogP contribution in [0.2, 0.25) is 0 Å². The van der Waals surface area contributed by atoms with Crippen molar-refractivity contribution in [3.63, 3.8) is 0 Å². The Balaban J connectivity index is 1.86. The molecule has 0 amide bonds. The smallest absolute Gasteiger partial charge is 0.137 e. The number of nitrogens with zero attached hydrogens (tertiary/aromatic N) is 3. The molecule has 1 saturated heterocycles. The van der Waals surface area contributed by atoms with E-state index in [1.54, 1.807) is 0 Å². The predicted octanol–water partition coefficient (Wildman–Crippen LogP) is 0.0522. The molecule has 2 N–H and O–H groups in total. The fourth-order valence-corrected chi connectivity index (χ4v) is 2.70. The maximum Gasteiger partial charge on any atom is 0.137 e. The summed E-state index contributed by atoms with van der Waals surface area (Å²) < 4.78 is 2.13. The maximum atomic E-state index is 9.71.